The molecule has 1 amide bonds. The fourth-order valence-electron chi connectivity index (χ4n) is 3.03. The van der Waals surface area contributed by atoms with Gasteiger partial charge in [-0.2, -0.15) is 10.4 Å². The van der Waals surface area contributed by atoms with Crippen LogP contribution in [0.2, 0.25) is 0 Å². The number of aryl methyl sites for hydroxylation is 1. The average molecular weight is 324 g/mol. The summed E-state index contributed by atoms with van der Waals surface area (Å²) in [7, 11) is 3.65. The molecule has 1 aliphatic rings. The Morgan fingerprint density at radius 1 is 1.33 bits per heavy atom. The van der Waals surface area contributed by atoms with Gasteiger partial charge < -0.3 is 9.80 Å². The van der Waals surface area contributed by atoms with E-state index in [2.05, 4.69) is 15.0 Å². The highest BCUT2D eigenvalue weighted by atomic mass is 16.2. The Morgan fingerprint density at radius 2 is 2.08 bits per heavy atom. The standard InChI is InChI=1S/C17H20N6O/c1-21-8-7-16(20-21)17(24)22(2)14-5-9-23(10-6-14)15-4-3-13(11-18)19-12-15/h3-4,7-8,12,14H,5-6,9-10H2,1-2H3. The van der Waals surface area contributed by atoms with Crippen LogP contribution in [-0.4, -0.2) is 51.8 Å². The molecule has 1 fully saturated rings. The lowest BCUT2D eigenvalue weighted by molar-refractivity contribution is 0.0702. The molecule has 1 aliphatic heterocycles. The molecule has 3 heterocycles. The number of nitrogens with zero attached hydrogens (tertiary/aromatic N) is 6. The van der Waals surface area contributed by atoms with E-state index in [9.17, 15) is 4.79 Å². The zero-order chi connectivity index (χ0) is 17.1. The van der Waals surface area contributed by atoms with Crippen LogP contribution in [0.1, 0.15) is 29.0 Å². The van der Waals surface area contributed by atoms with Gasteiger partial charge in [0, 0.05) is 39.4 Å². The Hall–Kier alpha value is -2.88. The minimum Gasteiger partial charge on any atom is -0.370 e. The van der Waals surface area contributed by atoms with Gasteiger partial charge in [0.05, 0.1) is 11.9 Å². The second-order valence-corrected chi connectivity index (χ2v) is 6.02. The number of pyridine rings is 1. The second-order valence-electron chi connectivity index (χ2n) is 6.02. The minimum atomic E-state index is -0.0333. The number of anilines is 1. The van der Waals surface area contributed by atoms with Crippen molar-refractivity contribution >= 4 is 11.6 Å². The van der Waals surface area contributed by atoms with Gasteiger partial charge in [0.25, 0.3) is 5.91 Å². The molecule has 0 unspecified atom stereocenters. The van der Waals surface area contributed by atoms with Crippen molar-refractivity contribution in [3.05, 3.63) is 42.0 Å². The van der Waals surface area contributed by atoms with Crippen LogP contribution >= 0.6 is 0 Å². The van der Waals surface area contributed by atoms with Gasteiger partial charge in [-0.25, -0.2) is 4.98 Å². The molecule has 0 aliphatic carbocycles. The van der Waals surface area contributed by atoms with Crippen LogP contribution in [0, 0.1) is 11.3 Å². The third-order valence-corrected chi connectivity index (χ3v) is 4.49. The molecule has 24 heavy (non-hydrogen) atoms. The fraction of sp³-hybridized carbons (Fsp3) is 0.412. The Balaban J connectivity index is 1.60. The summed E-state index contributed by atoms with van der Waals surface area (Å²) >= 11 is 0. The van der Waals surface area contributed by atoms with Gasteiger partial charge in [-0.15, -0.1) is 0 Å². The molecule has 0 atom stereocenters. The highest BCUT2D eigenvalue weighted by Gasteiger charge is 2.27. The molecule has 1 saturated heterocycles. The largest absolute Gasteiger partial charge is 0.370 e. The summed E-state index contributed by atoms with van der Waals surface area (Å²) in [6.45, 7) is 1.72. The van der Waals surface area contributed by atoms with Crippen molar-refractivity contribution in [1.29, 1.82) is 5.26 Å². The second kappa shape index (κ2) is 6.71. The number of piperidine rings is 1. The average Bonchev–Trinajstić information content (AvgIpc) is 3.07. The molecular formula is C17H20N6O. The van der Waals surface area contributed by atoms with Crippen molar-refractivity contribution in [2.24, 2.45) is 7.05 Å². The maximum atomic E-state index is 12.5. The van der Waals surface area contributed by atoms with Crippen LogP contribution in [0.15, 0.2) is 30.6 Å². The maximum absolute atomic E-state index is 12.5. The normalized spacial score (nSPS) is 15.1. The molecule has 3 rings (SSSR count). The minimum absolute atomic E-state index is 0.0333. The van der Waals surface area contributed by atoms with Crippen LogP contribution in [0.5, 0.6) is 0 Å². The SMILES string of the molecule is CN(C(=O)c1ccn(C)n1)C1CCN(c2ccc(C#N)nc2)CC1. The van der Waals surface area contributed by atoms with Crippen molar-refractivity contribution < 1.29 is 4.79 Å². The van der Waals surface area contributed by atoms with Crippen LogP contribution in [0.25, 0.3) is 0 Å². The highest BCUT2D eigenvalue weighted by Crippen LogP contribution is 2.22. The predicted molar refractivity (Wildman–Crippen MR) is 89.5 cm³/mol. The van der Waals surface area contributed by atoms with E-state index >= 15 is 0 Å². The zero-order valence-corrected chi connectivity index (χ0v) is 13.9. The first-order valence-corrected chi connectivity index (χ1v) is 7.96. The fourth-order valence-corrected chi connectivity index (χ4v) is 3.03. The molecule has 0 spiro atoms. The quantitative estimate of drug-likeness (QED) is 0.853. The van der Waals surface area contributed by atoms with Crippen LogP contribution in [0.4, 0.5) is 5.69 Å². The third kappa shape index (κ3) is 3.23. The Morgan fingerprint density at radius 3 is 2.62 bits per heavy atom. The first kappa shape index (κ1) is 16.0. The monoisotopic (exact) mass is 324 g/mol. The molecular weight excluding hydrogens is 304 g/mol. The number of nitriles is 1. The van der Waals surface area contributed by atoms with Gasteiger partial charge in [0.2, 0.25) is 0 Å². The Labute approximate surface area is 141 Å². The molecule has 0 radical (unpaired) electrons. The summed E-state index contributed by atoms with van der Waals surface area (Å²) in [4.78, 5) is 20.6. The van der Waals surface area contributed by atoms with E-state index in [1.807, 2.05) is 19.2 Å². The van der Waals surface area contributed by atoms with Crippen LogP contribution in [-0.2, 0) is 7.05 Å². The highest BCUT2D eigenvalue weighted by molar-refractivity contribution is 5.92. The first-order valence-electron chi connectivity index (χ1n) is 7.96. The lowest BCUT2D eigenvalue weighted by atomic mass is 10.0. The van der Waals surface area contributed by atoms with Crippen molar-refractivity contribution in [3.8, 4) is 6.07 Å². The summed E-state index contributed by atoms with van der Waals surface area (Å²) in [6, 6.07) is 7.64. The number of amides is 1. The molecule has 0 bridgehead atoms. The molecule has 7 heteroatoms. The summed E-state index contributed by atoms with van der Waals surface area (Å²) in [5.74, 6) is -0.0333. The van der Waals surface area contributed by atoms with Crippen LogP contribution in [0.3, 0.4) is 0 Å². The van der Waals surface area contributed by atoms with E-state index in [-0.39, 0.29) is 11.9 Å². The van der Waals surface area contributed by atoms with Gasteiger partial charge in [-0.05, 0) is 31.0 Å². The van der Waals surface area contributed by atoms with Crippen molar-refractivity contribution in [1.82, 2.24) is 19.7 Å². The molecule has 2 aromatic heterocycles. The van der Waals surface area contributed by atoms with Crippen molar-refractivity contribution in [2.75, 3.05) is 25.0 Å². The van der Waals surface area contributed by atoms with E-state index in [0.29, 0.717) is 11.4 Å². The van der Waals surface area contributed by atoms with E-state index < -0.39 is 0 Å². The first-order chi connectivity index (χ1) is 11.6. The number of hydrogen-bond acceptors (Lipinski definition) is 5. The number of carbonyl (C=O) groups is 1. The number of carbonyl (C=O) groups excluding carboxylic acids is 1. The zero-order valence-electron chi connectivity index (χ0n) is 13.9. The number of rotatable bonds is 3. The van der Waals surface area contributed by atoms with Gasteiger partial charge >= 0.3 is 0 Å². The van der Waals surface area contributed by atoms with Gasteiger partial charge in [0.1, 0.15) is 17.5 Å². The molecule has 7 nitrogen and oxygen atoms in total. The lowest BCUT2D eigenvalue weighted by Crippen LogP contribution is -2.45. The van der Waals surface area contributed by atoms with Gasteiger partial charge in [-0.1, -0.05) is 0 Å². The van der Waals surface area contributed by atoms with E-state index in [0.717, 1.165) is 31.6 Å². The predicted octanol–water partition coefficient (Wildman–Crippen LogP) is 1.43. The molecule has 124 valence electrons. The number of hydrogen-bond donors (Lipinski definition) is 0. The summed E-state index contributed by atoms with van der Waals surface area (Å²) < 4.78 is 1.64. The lowest BCUT2D eigenvalue weighted by Gasteiger charge is -2.37. The van der Waals surface area contributed by atoms with Crippen LogP contribution < -0.4 is 4.90 Å². The van der Waals surface area contributed by atoms with E-state index in [1.54, 1.807) is 41.2 Å². The molecule has 0 saturated carbocycles. The topological polar surface area (TPSA) is 78.0 Å². The smallest absolute Gasteiger partial charge is 0.274 e. The van der Waals surface area contributed by atoms with Crippen molar-refractivity contribution in [3.63, 3.8) is 0 Å². The Kier molecular flexibility index (Phi) is 4.47. The molecule has 2 aromatic rings. The van der Waals surface area contributed by atoms with E-state index in [4.69, 9.17) is 5.26 Å². The van der Waals surface area contributed by atoms with Crippen molar-refractivity contribution in [2.45, 2.75) is 18.9 Å². The van der Waals surface area contributed by atoms with Gasteiger partial charge in [0.15, 0.2) is 0 Å². The molecule has 0 N–H and O–H groups in total. The summed E-state index contributed by atoms with van der Waals surface area (Å²) in [6.07, 6.45) is 5.31. The Bertz CT molecular complexity index is 752. The summed E-state index contributed by atoms with van der Waals surface area (Å²) in [5, 5.41) is 13.0. The third-order valence-electron chi connectivity index (χ3n) is 4.49. The number of aromatic nitrogens is 3. The summed E-state index contributed by atoms with van der Waals surface area (Å²) in [5.41, 5.74) is 1.93. The molecule has 0 aromatic carbocycles. The van der Waals surface area contributed by atoms with Gasteiger partial charge in [-0.3, -0.25) is 9.48 Å². The van der Waals surface area contributed by atoms with E-state index in [1.165, 1.54) is 0 Å². The maximum Gasteiger partial charge on any atom is 0.274 e.